The third kappa shape index (κ3) is 6.09. The number of halogens is 1. The normalized spacial score (nSPS) is 12.9. The van der Waals surface area contributed by atoms with Gasteiger partial charge in [-0.15, -0.1) is 0 Å². The molecule has 0 aromatic heterocycles. The molecular weight excluding hydrogens is 168 g/mol. The van der Waals surface area contributed by atoms with Crippen molar-refractivity contribution in [3.05, 3.63) is 0 Å². The van der Waals surface area contributed by atoms with E-state index in [2.05, 4.69) is 4.84 Å². The number of hydrogen-bond donors (Lipinski definition) is 3. The van der Waals surface area contributed by atoms with Crippen LogP contribution in [-0.4, -0.2) is 23.7 Å². The summed E-state index contributed by atoms with van der Waals surface area (Å²) in [5, 5.41) is 8.37. The van der Waals surface area contributed by atoms with Crippen LogP contribution in [0.25, 0.3) is 0 Å². The van der Waals surface area contributed by atoms with E-state index in [-0.39, 0.29) is 0 Å². The maximum Gasteiger partial charge on any atom is 0.320 e. The highest BCUT2D eigenvalue weighted by Crippen LogP contribution is 1.98. The summed E-state index contributed by atoms with van der Waals surface area (Å²) in [5.41, 5.74) is 5.25. The summed E-state index contributed by atoms with van der Waals surface area (Å²) in [6.07, 6.45) is 2.14. The molecule has 0 aliphatic heterocycles. The summed E-state index contributed by atoms with van der Waals surface area (Å²) >= 11 is 5.18. The molecule has 0 unspecified atom stereocenters. The molecule has 0 aliphatic carbocycles. The van der Waals surface area contributed by atoms with E-state index in [1.807, 2.05) is 0 Å². The van der Waals surface area contributed by atoms with Crippen molar-refractivity contribution in [2.75, 3.05) is 6.54 Å². The fourth-order valence-electron chi connectivity index (χ4n) is 0.680. The van der Waals surface area contributed by atoms with Gasteiger partial charge in [0.25, 0.3) is 0 Å². The zero-order valence-electron chi connectivity index (χ0n) is 6.22. The van der Waals surface area contributed by atoms with Gasteiger partial charge in [0.05, 0.1) is 0 Å². The van der Waals surface area contributed by atoms with Crippen molar-refractivity contribution in [1.82, 2.24) is 4.84 Å². The minimum Gasteiger partial charge on any atom is -0.480 e. The first-order chi connectivity index (χ1) is 5.18. The standard InChI is InChI=1S/C6H13ClN2O2/c7-9-4-2-1-3-5(8)6(10)11/h5,9H,1-4,8H2,(H,10,11)/t5-/m1/s1. The number of unbranched alkanes of at least 4 members (excludes halogenated alkanes) is 1. The second kappa shape index (κ2) is 6.39. The Balaban J connectivity index is 3.17. The van der Waals surface area contributed by atoms with Crippen molar-refractivity contribution >= 4 is 17.7 Å². The predicted octanol–water partition coefficient (Wildman–Crippen LogP) is 0.312. The molecule has 0 heterocycles. The summed E-state index contributed by atoms with van der Waals surface area (Å²) < 4.78 is 0. The van der Waals surface area contributed by atoms with Gasteiger partial charge in [0.15, 0.2) is 0 Å². The van der Waals surface area contributed by atoms with Gasteiger partial charge in [-0.1, -0.05) is 0 Å². The van der Waals surface area contributed by atoms with Crippen molar-refractivity contribution in [1.29, 1.82) is 0 Å². The highest BCUT2D eigenvalue weighted by molar-refractivity contribution is 6.13. The largest absolute Gasteiger partial charge is 0.480 e. The maximum absolute atomic E-state index is 10.2. The number of hydrogen-bond acceptors (Lipinski definition) is 3. The molecule has 4 N–H and O–H groups in total. The minimum absolute atomic E-state index is 0.508. The molecule has 4 nitrogen and oxygen atoms in total. The lowest BCUT2D eigenvalue weighted by Gasteiger charge is -2.04. The third-order valence-corrected chi connectivity index (χ3v) is 1.54. The topological polar surface area (TPSA) is 75.3 Å². The van der Waals surface area contributed by atoms with Crippen LogP contribution in [0.15, 0.2) is 0 Å². The van der Waals surface area contributed by atoms with Crippen LogP contribution in [0.5, 0.6) is 0 Å². The molecule has 0 bridgehead atoms. The molecule has 0 rings (SSSR count). The van der Waals surface area contributed by atoms with Gasteiger partial charge in [-0.05, 0) is 31.0 Å². The van der Waals surface area contributed by atoms with Gasteiger partial charge in [-0.3, -0.25) is 4.79 Å². The van der Waals surface area contributed by atoms with Crippen molar-refractivity contribution < 1.29 is 9.90 Å². The summed E-state index contributed by atoms with van der Waals surface area (Å²) in [7, 11) is 0. The fourth-order valence-corrected chi connectivity index (χ4v) is 0.813. The molecular formula is C6H13ClN2O2. The number of carboxylic acid groups (broad SMARTS) is 1. The monoisotopic (exact) mass is 180 g/mol. The van der Waals surface area contributed by atoms with Crippen LogP contribution in [0, 0.1) is 0 Å². The lowest BCUT2D eigenvalue weighted by atomic mass is 10.1. The zero-order valence-corrected chi connectivity index (χ0v) is 6.97. The van der Waals surface area contributed by atoms with E-state index in [1.165, 1.54) is 0 Å². The molecule has 66 valence electrons. The molecule has 0 aliphatic rings. The first-order valence-corrected chi connectivity index (χ1v) is 3.88. The van der Waals surface area contributed by atoms with E-state index in [1.54, 1.807) is 0 Å². The Morgan fingerprint density at radius 2 is 2.27 bits per heavy atom. The molecule has 0 fully saturated rings. The first kappa shape index (κ1) is 10.7. The van der Waals surface area contributed by atoms with E-state index in [9.17, 15) is 4.79 Å². The average Bonchev–Trinajstić information content (AvgIpc) is 1.97. The van der Waals surface area contributed by atoms with Crippen LogP contribution < -0.4 is 10.6 Å². The molecule has 0 aromatic carbocycles. The van der Waals surface area contributed by atoms with E-state index in [0.717, 1.165) is 12.8 Å². The zero-order chi connectivity index (χ0) is 8.69. The molecule has 0 spiro atoms. The Hall–Kier alpha value is -0.320. The number of rotatable bonds is 6. The summed E-state index contributed by atoms with van der Waals surface area (Å²) in [6.45, 7) is 0.688. The number of nitrogens with two attached hydrogens (primary N) is 1. The van der Waals surface area contributed by atoms with Crippen LogP contribution in [0.2, 0.25) is 0 Å². The molecule has 0 aromatic rings. The Labute approximate surface area is 70.8 Å². The van der Waals surface area contributed by atoms with Crippen LogP contribution in [-0.2, 0) is 4.79 Å². The van der Waals surface area contributed by atoms with Gasteiger partial charge in [0, 0.05) is 6.54 Å². The second-order valence-electron chi connectivity index (χ2n) is 2.32. The smallest absolute Gasteiger partial charge is 0.320 e. The number of aliphatic carboxylic acids is 1. The quantitative estimate of drug-likeness (QED) is 0.406. The lowest BCUT2D eigenvalue weighted by Crippen LogP contribution is -2.29. The van der Waals surface area contributed by atoms with Crippen LogP contribution in [0.1, 0.15) is 19.3 Å². The molecule has 0 amide bonds. The van der Waals surface area contributed by atoms with Crippen molar-refractivity contribution in [3.8, 4) is 0 Å². The van der Waals surface area contributed by atoms with Crippen LogP contribution in [0.4, 0.5) is 0 Å². The SMILES string of the molecule is N[C@H](CCCCNCl)C(=O)O. The van der Waals surface area contributed by atoms with Crippen molar-refractivity contribution in [2.45, 2.75) is 25.3 Å². The molecule has 1 atom stereocenters. The Kier molecular flexibility index (Phi) is 6.21. The van der Waals surface area contributed by atoms with Gasteiger partial charge in [0.1, 0.15) is 6.04 Å². The first-order valence-electron chi connectivity index (χ1n) is 3.50. The van der Waals surface area contributed by atoms with Crippen molar-refractivity contribution in [3.63, 3.8) is 0 Å². The fraction of sp³-hybridized carbons (Fsp3) is 0.833. The van der Waals surface area contributed by atoms with Gasteiger partial charge >= 0.3 is 5.97 Å². The molecule has 0 saturated heterocycles. The van der Waals surface area contributed by atoms with Crippen molar-refractivity contribution in [2.24, 2.45) is 5.73 Å². The van der Waals surface area contributed by atoms with Gasteiger partial charge in [0.2, 0.25) is 0 Å². The van der Waals surface area contributed by atoms with E-state index in [0.29, 0.717) is 13.0 Å². The average molecular weight is 181 g/mol. The Morgan fingerprint density at radius 3 is 2.73 bits per heavy atom. The van der Waals surface area contributed by atoms with Gasteiger partial charge in [-0.25, -0.2) is 4.84 Å². The Morgan fingerprint density at radius 1 is 1.64 bits per heavy atom. The molecule has 0 saturated carbocycles. The number of nitrogens with one attached hydrogen (secondary N) is 1. The molecule has 5 heteroatoms. The molecule has 11 heavy (non-hydrogen) atoms. The number of carboxylic acids is 1. The Bertz CT molecular complexity index is 121. The lowest BCUT2D eigenvalue weighted by molar-refractivity contribution is -0.138. The third-order valence-electron chi connectivity index (χ3n) is 1.35. The van der Waals surface area contributed by atoms with Gasteiger partial charge in [-0.2, -0.15) is 0 Å². The summed E-state index contributed by atoms with van der Waals surface area (Å²) in [6, 6.07) is -0.731. The summed E-state index contributed by atoms with van der Waals surface area (Å²) in [5.74, 6) is -0.941. The van der Waals surface area contributed by atoms with Gasteiger partial charge < -0.3 is 10.8 Å². The maximum atomic E-state index is 10.2. The second-order valence-corrected chi connectivity index (χ2v) is 2.59. The minimum atomic E-state index is -0.941. The summed E-state index contributed by atoms with van der Waals surface area (Å²) in [4.78, 5) is 12.7. The van der Waals surface area contributed by atoms with E-state index < -0.39 is 12.0 Å². The highest BCUT2D eigenvalue weighted by atomic mass is 35.5. The molecule has 0 radical (unpaired) electrons. The predicted molar refractivity (Wildman–Crippen MR) is 43.3 cm³/mol. The van der Waals surface area contributed by atoms with Crippen LogP contribution in [0.3, 0.4) is 0 Å². The van der Waals surface area contributed by atoms with E-state index in [4.69, 9.17) is 22.6 Å². The number of carbonyl (C=O) groups is 1. The highest BCUT2D eigenvalue weighted by Gasteiger charge is 2.09. The van der Waals surface area contributed by atoms with Crippen LogP contribution >= 0.6 is 11.8 Å². The van der Waals surface area contributed by atoms with E-state index >= 15 is 0 Å².